The van der Waals surface area contributed by atoms with Gasteiger partial charge in [0.05, 0.1) is 38.3 Å². The number of benzene rings is 4. The van der Waals surface area contributed by atoms with Gasteiger partial charge in [-0.15, -0.1) is 0 Å². The van der Waals surface area contributed by atoms with E-state index in [0.717, 1.165) is 4.90 Å². The predicted molar refractivity (Wildman–Crippen MR) is 525 cm³/mol. The van der Waals surface area contributed by atoms with Crippen LogP contribution in [0.3, 0.4) is 0 Å². The van der Waals surface area contributed by atoms with Gasteiger partial charge in [-0.05, 0) is 188 Å². The number of hydrogen-bond donors (Lipinski definition) is 24. The Balaban J connectivity index is 1.25. The molecule has 0 aliphatic carbocycles. The van der Waals surface area contributed by atoms with Crippen molar-refractivity contribution in [3.8, 4) is 5.75 Å². The van der Waals surface area contributed by atoms with Crippen LogP contribution in [0.5, 0.6) is 5.75 Å². The summed E-state index contributed by atoms with van der Waals surface area (Å²) in [6, 6.07) is 10.2. The summed E-state index contributed by atoms with van der Waals surface area (Å²) in [5.74, 6) is -17.6. The third kappa shape index (κ3) is 42.7. The number of aliphatic carboxylic acids is 2. The van der Waals surface area contributed by atoms with Gasteiger partial charge in [-0.3, -0.25) is 81.5 Å². The van der Waals surface area contributed by atoms with E-state index in [9.17, 15) is 112 Å². The van der Waals surface area contributed by atoms with Gasteiger partial charge in [0.25, 0.3) is 0 Å². The zero-order valence-corrected chi connectivity index (χ0v) is 82.5. The summed E-state index contributed by atoms with van der Waals surface area (Å²) in [7, 11) is 1.39. The molecule has 16 atom stereocenters. The number of unbranched alkanes of at least 4 members (excludes halogenated alkanes) is 3. The number of nitrogens with zero attached hydrogens (tertiary/aromatic N) is 1. The first kappa shape index (κ1) is 119. The van der Waals surface area contributed by atoms with Gasteiger partial charge in [0, 0.05) is 32.2 Å². The maximum absolute atomic E-state index is 14.8. The van der Waals surface area contributed by atoms with Gasteiger partial charge in [-0.1, -0.05) is 145 Å². The molecule has 16 amide bonds. The topological polar surface area (TPSA) is 682 Å². The molecule has 16 unspecified atom stereocenters. The number of amides is 16. The quantitative estimate of drug-likeness (QED) is 0.0205. The number of carboxylic acids is 2. The largest absolute Gasteiger partial charge is 0.508 e. The van der Waals surface area contributed by atoms with E-state index in [1.807, 2.05) is 0 Å². The summed E-state index contributed by atoms with van der Waals surface area (Å²) in [5, 5.41) is 93.0. The Morgan fingerprint density at radius 2 is 0.752 bits per heavy atom. The van der Waals surface area contributed by atoms with Gasteiger partial charge >= 0.3 is 11.9 Å². The van der Waals surface area contributed by atoms with Crippen molar-refractivity contribution in [1.82, 2.24) is 90.0 Å². The Labute approximate surface area is 826 Å². The summed E-state index contributed by atoms with van der Waals surface area (Å²) >= 11 is 1.29. The second-order valence-electron chi connectivity index (χ2n) is 36.2. The molecule has 0 radical (unpaired) electrons. The number of likely N-dealkylation sites (tertiary alicyclic amines) is 1. The third-order valence-corrected chi connectivity index (χ3v) is 23.9. The van der Waals surface area contributed by atoms with E-state index in [1.54, 1.807) is 139 Å². The highest BCUT2D eigenvalue weighted by atomic mass is 32.2. The molecule has 1 heterocycles. The molecule has 1 fully saturated rings. The third-order valence-electron chi connectivity index (χ3n) is 23.3. The average Bonchev–Trinajstić information content (AvgIpc) is 1.55. The molecule has 0 aromatic heterocycles. The van der Waals surface area contributed by atoms with Crippen LogP contribution in [0.1, 0.15) is 167 Å². The minimum Gasteiger partial charge on any atom is -0.508 e. The number of aromatic hydroxyl groups is 1. The van der Waals surface area contributed by atoms with Crippen LogP contribution in [0.25, 0.3) is 0 Å². The van der Waals surface area contributed by atoms with Gasteiger partial charge in [0.2, 0.25) is 94.5 Å². The Bertz CT molecular complexity index is 4720. The van der Waals surface area contributed by atoms with Crippen molar-refractivity contribution in [1.29, 1.82) is 0 Å². The smallest absolute Gasteiger partial charge is 0.326 e. The molecule has 0 bridgehead atoms. The number of carboxylic acid groups (broad SMARTS) is 2. The van der Waals surface area contributed by atoms with Crippen LogP contribution in [0.4, 0.5) is 0 Å². The second-order valence-corrected chi connectivity index (χ2v) is 37.2. The molecule has 0 saturated carbocycles. The van der Waals surface area contributed by atoms with E-state index in [0.29, 0.717) is 47.9 Å². The molecule has 4 aromatic carbocycles. The number of phenols is 1. The Morgan fingerprint density at radius 3 is 1.16 bits per heavy atom. The molecule has 1 aliphatic rings. The van der Waals surface area contributed by atoms with Crippen molar-refractivity contribution in [2.75, 3.05) is 64.9 Å². The molecule has 27 N–H and O–H groups in total. The number of phenolic OH excluding ortho intramolecular Hbond substituents is 1. The predicted octanol–water partition coefficient (Wildman–Crippen LogP) is -2.40. The SMILES string of the molecule is CNC(CC(=O)O)C(=O)NC(CCCCN)C(=O)NC(Cc1ccccc1)C(=O)NC(CC(C)C)C(=O)NC(CCCCN)C(=O)NC(Cc1ccccc1)C(=O)NCC(=O)NC(CCSC)C(=O)NC(C(=O)N1CCCC1C(=O)NC(CO)C(=O)NC(CCCCN)C(=O)NCC(=O)NC(C(=O)NC(CC(C)C)C(=O)NC(Cc1ccccc1)C(=O)NC(Cc1ccc(O)cc1)C(=O)O)C(C)C)C(C)O. The van der Waals surface area contributed by atoms with Crippen LogP contribution in [-0.4, -0.2) is 299 Å². The van der Waals surface area contributed by atoms with E-state index in [-0.39, 0.29) is 139 Å². The number of hydrogen-bond acceptors (Lipinski definition) is 26. The van der Waals surface area contributed by atoms with E-state index in [4.69, 9.17) is 17.2 Å². The normalized spacial score (nSPS) is 15.5. The minimum absolute atomic E-state index is 0.0119. The summed E-state index contributed by atoms with van der Waals surface area (Å²) in [4.78, 5) is 253. The molecule has 43 nitrogen and oxygen atoms in total. The fourth-order valence-electron chi connectivity index (χ4n) is 15.6. The van der Waals surface area contributed by atoms with E-state index in [2.05, 4.69) is 85.1 Å². The van der Waals surface area contributed by atoms with Crippen molar-refractivity contribution < 1.29 is 112 Å². The Morgan fingerprint density at radius 1 is 0.397 bits per heavy atom. The van der Waals surface area contributed by atoms with Crippen LogP contribution in [0, 0.1) is 17.8 Å². The monoisotopic (exact) mass is 1990 g/mol. The van der Waals surface area contributed by atoms with Gasteiger partial charge in [-0.25, -0.2) is 4.79 Å². The Kier molecular flexibility index (Phi) is 53.2. The maximum atomic E-state index is 14.8. The number of aliphatic hydroxyl groups excluding tert-OH is 2. The number of carbonyl (C=O) groups is 18. The van der Waals surface area contributed by atoms with Crippen molar-refractivity contribution in [2.24, 2.45) is 35.0 Å². The zero-order valence-electron chi connectivity index (χ0n) is 81.7. The molecule has 5 rings (SSSR count). The minimum atomic E-state index is -1.77. The maximum Gasteiger partial charge on any atom is 0.326 e. The number of likely N-dealkylation sites (N-methyl/N-ethyl adjacent to an activating group) is 1. The molecule has 0 spiro atoms. The number of thioether (sulfide) groups is 1. The van der Waals surface area contributed by atoms with Gasteiger partial charge in [-0.2, -0.15) is 11.8 Å². The highest BCUT2D eigenvalue weighted by Crippen LogP contribution is 2.23. The summed E-state index contributed by atoms with van der Waals surface area (Å²) in [6.45, 7) is 9.48. The van der Waals surface area contributed by atoms with Crippen LogP contribution in [0.2, 0.25) is 0 Å². The molecular weight excluding hydrogens is 1850 g/mol. The first-order valence-corrected chi connectivity index (χ1v) is 49.2. The van der Waals surface area contributed by atoms with Crippen LogP contribution in [-0.2, 0) is 112 Å². The van der Waals surface area contributed by atoms with Crippen molar-refractivity contribution >= 4 is 118 Å². The van der Waals surface area contributed by atoms with E-state index < -0.39 is 235 Å². The van der Waals surface area contributed by atoms with Crippen molar-refractivity contribution in [3.05, 3.63) is 138 Å². The first-order valence-electron chi connectivity index (χ1n) is 47.8. The molecule has 778 valence electrons. The van der Waals surface area contributed by atoms with Crippen LogP contribution < -0.4 is 102 Å². The molecular formula is C97H146N20O23S. The van der Waals surface area contributed by atoms with Crippen molar-refractivity contribution in [3.63, 3.8) is 0 Å². The van der Waals surface area contributed by atoms with E-state index >= 15 is 0 Å². The standard InChI is InChI=1S/C97H146N20O23S/c1-56(2)46-70(108-91(133)73(49-61-28-15-11-16-29-61)110-86(128)66(33-20-23-42-99)106-88(130)69(101-8)52-80(123)124)89(131)107-67(34-21-24-43-100)85(127)109-72(48-60-26-13-10-14-27-60)84(126)103-53-78(121)104-68(40-45-141-9)87(129)116-82(59(7)119)96(138)117-44-25-35-77(117)94(136)114-76(55-118)93(135)105-65(32-19-22-41-98)83(125)102-54-79(122)115-81(58(5)6)95(137)112-71(47-57(3)4)90(132)111-74(50-62-30-17-12-18-31-62)92(134)113-75(97(139)140)51-63-36-38-64(120)39-37-63/h10-18,26-31,36-39,56-59,65-77,81-82,101,118-120H,19-25,32-35,40-55,98-100H2,1-9H3,(H,102,125)(H,103,126)(H,104,121)(H,105,135)(H,106,130)(H,107,131)(H,108,133)(H,109,127)(H,110,128)(H,111,132)(H,112,137)(H,113,134)(H,114,136)(H,115,122)(H,116,129)(H,123,124)(H,139,140). The number of aliphatic hydroxyl groups is 2. The number of nitrogens with one attached hydrogen (secondary N) is 16. The lowest BCUT2D eigenvalue weighted by molar-refractivity contribution is -0.145. The zero-order chi connectivity index (χ0) is 104. The Hall–Kier alpha value is -12.8. The summed E-state index contributed by atoms with van der Waals surface area (Å²) in [5.41, 5.74) is 19.7. The van der Waals surface area contributed by atoms with Crippen molar-refractivity contribution in [2.45, 2.75) is 267 Å². The molecule has 44 heteroatoms. The van der Waals surface area contributed by atoms with E-state index in [1.165, 1.54) is 50.0 Å². The molecule has 1 saturated heterocycles. The fourth-order valence-corrected chi connectivity index (χ4v) is 16.0. The summed E-state index contributed by atoms with van der Waals surface area (Å²) < 4.78 is 0. The van der Waals surface area contributed by atoms with Gasteiger partial charge in [0.1, 0.15) is 90.3 Å². The number of carbonyl (C=O) groups excluding carboxylic acids is 16. The molecule has 141 heavy (non-hydrogen) atoms. The first-order chi connectivity index (χ1) is 67.1. The summed E-state index contributed by atoms with van der Waals surface area (Å²) in [6.07, 6.45) is 1.22. The lowest BCUT2D eigenvalue weighted by Gasteiger charge is -2.31. The van der Waals surface area contributed by atoms with Gasteiger partial charge in [0.15, 0.2) is 0 Å². The van der Waals surface area contributed by atoms with Crippen LogP contribution >= 0.6 is 11.8 Å². The fraction of sp³-hybridized carbons (Fsp3) is 0.567. The number of nitrogens with two attached hydrogens (primary N) is 3. The lowest BCUT2D eigenvalue weighted by atomic mass is 9.98. The molecule has 4 aromatic rings. The average molecular weight is 1990 g/mol. The highest BCUT2D eigenvalue weighted by Gasteiger charge is 2.43. The van der Waals surface area contributed by atoms with Crippen LogP contribution in [0.15, 0.2) is 115 Å². The van der Waals surface area contributed by atoms with Gasteiger partial charge < -0.3 is 133 Å². The second kappa shape index (κ2) is 63.1. The molecule has 1 aliphatic heterocycles. The highest BCUT2D eigenvalue weighted by molar-refractivity contribution is 7.98. The lowest BCUT2D eigenvalue weighted by Crippen LogP contribution is -2.61. The number of rotatable bonds is 65.